The summed E-state index contributed by atoms with van der Waals surface area (Å²) in [7, 11) is 4.35. The Morgan fingerprint density at radius 2 is 0.725 bits per heavy atom. The van der Waals surface area contributed by atoms with Crippen molar-refractivity contribution >= 4 is 127 Å². The number of Topliss-reactive ketones (excluding diaryl/α,β-unsaturated/α-hetero) is 9. The molecule has 0 saturated carbocycles. The van der Waals surface area contributed by atoms with Crippen LogP contribution in [0.3, 0.4) is 0 Å². The zero-order chi connectivity index (χ0) is 77.6. The smallest absolute Gasteiger partial charge is 0.416 e. The molecule has 0 aliphatic rings. The molecule has 102 heavy (non-hydrogen) atoms. The minimum absolute atomic E-state index is 0.000000000000000222. The van der Waals surface area contributed by atoms with E-state index in [2.05, 4.69) is 75.1 Å². The summed E-state index contributed by atoms with van der Waals surface area (Å²) < 4.78 is 43.2. The van der Waals surface area contributed by atoms with Crippen LogP contribution in [0, 0.1) is 20.3 Å². The van der Waals surface area contributed by atoms with E-state index in [0.29, 0.717) is 33.6 Å². The van der Waals surface area contributed by atoms with Gasteiger partial charge in [0, 0.05) is 95.7 Å². The fourth-order valence-electron chi connectivity index (χ4n) is 7.59. The molecule has 0 atom stereocenters. The number of nitro benzene ring substituents is 1. The number of hydrogen-bond donors (Lipinski definition) is 1. The number of ether oxygens (including phenoxy) is 1. The number of ketones is 9. The number of methoxy groups -OCH3 is 1. The van der Waals surface area contributed by atoms with Gasteiger partial charge >= 0.3 is 6.18 Å². The van der Waals surface area contributed by atoms with E-state index in [1.165, 1.54) is 69.3 Å². The molecule has 0 unspecified atom stereocenters. The van der Waals surface area contributed by atoms with E-state index in [1.54, 1.807) is 127 Å². The Hall–Kier alpha value is -10.5. The van der Waals surface area contributed by atoms with Gasteiger partial charge in [-0.25, -0.2) is 4.85 Å². The van der Waals surface area contributed by atoms with E-state index in [0.717, 1.165) is 53.9 Å². The van der Waals surface area contributed by atoms with Crippen LogP contribution in [-0.2, 0) is 6.18 Å². The van der Waals surface area contributed by atoms with Crippen LogP contribution in [-0.4, -0.2) is 86.3 Å². The van der Waals surface area contributed by atoms with Crippen molar-refractivity contribution in [3.05, 3.63) is 304 Å². The standard InChI is InChI=1S/C11H16OSi.C10H13NO.C9H7F3O.C9H7NO.C9H10O2.C8H7BrO.C8H7IO.C8H7NO3.C8H9NO/c1-9(12)10-5-7-11(8-6-10)13(2,3)4;1-8(12)9-4-6-10(7-5-9)11(2)3;1-6(13)7-2-4-8(5-3-7)9(10,11)12;1-7(11)8-3-5-9(10-2)6-4-8;1-7(10)8-3-5-9(11-2)6-4-8;2*1-6(10)7-2-4-8(9)5-3-7;1-6(10)7-2-4-8(5-3-7)9(11)12;1-6(10)7-2-4-8(9)5-3-7/h5-8H,1-4H3;4-7H,1-3H3;2-5H,1H3;3-6H,1H3;3-6H,1-2H3;2*2-5H,1H3;2-5H,1H3;2-5H,9H2,1H3. The van der Waals surface area contributed by atoms with Crippen LogP contribution in [0.2, 0.25) is 19.6 Å². The first-order valence-corrected chi connectivity index (χ1v) is 36.4. The van der Waals surface area contributed by atoms with Crippen LogP contribution in [0.4, 0.5) is 35.9 Å². The van der Waals surface area contributed by atoms with Crippen molar-refractivity contribution in [2.24, 2.45) is 0 Å². The molecule has 534 valence electrons. The van der Waals surface area contributed by atoms with E-state index in [9.17, 15) is 66.4 Å². The molecule has 0 amide bonds. The number of alkyl halides is 3. The number of carbonyl (C=O) groups is 9. The number of rotatable bonds is 13. The van der Waals surface area contributed by atoms with Crippen molar-refractivity contribution in [2.75, 3.05) is 31.8 Å². The van der Waals surface area contributed by atoms with Crippen molar-refractivity contribution in [3.63, 3.8) is 0 Å². The van der Waals surface area contributed by atoms with Gasteiger partial charge in [-0.3, -0.25) is 53.3 Å². The average Bonchev–Trinajstić information content (AvgIpc) is 0.858. The number of carbonyl (C=O) groups excluding carboxylic acids is 9. The molecule has 9 rings (SSSR count). The molecule has 0 saturated heterocycles. The first kappa shape index (κ1) is 89.5. The molecule has 9 aromatic rings. The third-order valence-corrected chi connectivity index (χ3v) is 17.1. The van der Waals surface area contributed by atoms with Crippen LogP contribution < -0.4 is 20.6 Å². The molecular formula is C80H83BrF3IN4O12Si. The highest BCUT2D eigenvalue weighted by molar-refractivity contribution is 14.1. The number of nitrogen functional groups attached to an aromatic ring is 1. The molecule has 0 aliphatic heterocycles. The van der Waals surface area contributed by atoms with Gasteiger partial charge in [-0.05, 0) is 206 Å². The predicted molar refractivity (Wildman–Crippen MR) is 415 cm³/mol. The molecular weight excluding hydrogens is 1500 g/mol. The molecule has 2 N–H and O–H groups in total. The number of hydrogen-bond acceptors (Lipinski definition) is 14. The summed E-state index contributed by atoms with van der Waals surface area (Å²) in [6, 6.07) is 60.6. The van der Waals surface area contributed by atoms with Gasteiger partial charge in [0.2, 0.25) is 0 Å². The van der Waals surface area contributed by atoms with Crippen molar-refractivity contribution in [3.8, 4) is 5.75 Å². The van der Waals surface area contributed by atoms with Crippen molar-refractivity contribution in [1.82, 2.24) is 0 Å². The van der Waals surface area contributed by atoms with Crippen LogP contribution >= 0.6 is 38.5 Å². The van der Waals surface area contributed by atoms with Gasteiger partial charge in [0.1, 0.15) is 5.75 Å². The Balaban J connectivity index is 0.000000575. The minimum atomic E-state index is -4.34. The maximum Gasteiger partial charge on any atom is 0.416 e. The van der Waals surface area contributed by atoms with Gasteiger partial charge in [-0.15, -0.1) is 0 Å². The number of benzene rings is 9. The number of non-ortho nitro benzene ring substituents is 1. The Labute approximate surface area is 617 Å². The Kier molecular flexibility index (Phi) is 39.8. The van der Waals surface area contributed by atoms with Gasteiger partial charge in [0.05, 0.1) is 32.2 Å². The molecule has 0 fully saturated rings. The SMILES string of the molecule is CC(=O)c1ccc(Br)cc1.CC(=O)c1ccc(C(F)(F)F)cc1.CC(=O)c1ccc(I)cc1.CC(=O)c1ccc(N(C)C)cc1.CC(=O)c1ccc(N)cc1.CC(=O)c1ccc([N+](=O)[O-])cc1.CC(=O)c1ccc([Si](C)(C)C)cc1.COc1ccc(C(C)=O)cc1.[C-]#[N+]c1ccc(C(C)=O)cc1. The van der Waals surface area contributed by atoms with Gasteiger partial charge in [0.25, 0.3) is 5.69 Å². The van der Waals surface area contributed by atoms with Gasteiger partial charge in [-0.1, -0.05) is 126 Å². The summed E-state index contributed by atoms with van der Waals surface area (Å²) in [5.41, 5.74) is 13.0. The molecule has 0 radical (unpaired) electrons. The molecule has 0 bridgehead atoms. The highest BCUT2D eigenvalue weighted by Crippen LogP contribution is 2.29. The number of nitrogens with zero attached hydrogens (tertiary/aromatic N) is 3. The number of anilines is 2. The third-order valence-electron chi connectivity index (χ3n) is 13.8. The van der Waals surface area contributed by atoms with Crippen LogP contribution in [0.1, 0.15) is 161 Å². The molecule has 0 spiro atoms. The summed E-state index contributed by atoms with van der Waals surface area (Å²) in [5.74, 6) is 1.09. The second-order valence-electron chi connectivity index (χ2n) is 23.2. The lowest BCUT2D eigenvalue weighted by Gasteiger charge is -2.16. The number of nitro groups is 1. The third kappa shape index (κ3) is 36.0. The van der Waals surface area contributed by atoms with Crippen molar-refractivity contribution in [1.29, 1.82) is 0 Å². The first-order chi connectivity index (χ1) is 47.6. The minimum Gasteiger partial charge on any atom is -0.497 e. The number of nitrogens with two attached hydrogens (primary N) is 1. The maximum atomic E-state index is 12.0. The second kappa shape index (κ2) is 45.3. The van der Waals surface area contributed by atoms with E-state index < -0.39 is 24.7 Å². The lowest BCUT2D eigenvalue weighted by Crippen LogP contribution is -2.37. The Bertz CT molecular complexity index is 4030. The first-order valence-electron chi connectivity index (χ1n) is 31.0. The second-order valence-corrected chi connectivity index (χ2v) is 30.4. The highest BCUT2D eigenvalue weighted by Gasteiger charge is 2.30. The Morgan fingerprint density at radius 1 is 0.461 bits per heavy atom. The van der Waals surface area contributed by atoms with E-state index >= 15 is 0 Å². The highest BCUT2D eigenvalue weighted by atomic mass is 127. The maximum absolute atomic E-state index is 12.0. The van der Waals surface area contributed by atoms with E-state index in [1.807, 2.05) is 91.8 Å². The summed E-state index contributed by atoms with van der Waals surface area (Å²) in [5, 5.41) is 11.6. The van der Waals surface area contributed by atoms with E-state index in [-0.39, 0.29) is 63.3 Å². The molecule has 22 heteroatoms. The van der Waals surface area contributed by atoms with Crippen LogP contribution in [0.25, 0.3) is 4.85 Å². The normalized spacial score (nSPS) is 9.83. The lowest BCUT2D eigenvalue weighted by molar-refractivity contribution is -0.384. The zero-order valence-corrected chi connectivity index (χ0v) is 64.2. The summed E-state index contributed by atoms with van der Waals surface area (Å²) >= 11 is 5.49. The summed E-state index contributed by atoms with van der Waals surface area (Å²) in [6.45, 7) is 27.2. The molecule has 9 aromatic carbocycles. The molecule has 0 aliphatic carbocycles. The van der Waals surface area contributed by atoms with Crippen LogP contribution in [0.15, 0.2) is 223 Å². The topological polar surface area (TPSA) is 240 Å². The monoisotopic (exact) mass is 1580 g/mol. The van der Waals surface area contributed by atoms with Gasteiger partial charge < -0.3 is 15.4 Å². The molecule has 0 aromatic heterocycles. The van der Waals surface area contributed by atoms with Crippen molar-refractivity contribution in [2.45, 2.75) is 88.1 Å². The average molecular weight is 1580 g/mol. The van der Waals surface area contributed by atoms with Crippen molar-refractivity contribution < 1.29 is 66.0 Å². The lowest BCUT2D eigenvalue weighted by atomic mass is 10.1. The molecule has 0 heterocycles. The largest absolute Gasteiger partial charge is 0.497 e. The zero-order valence-electron chi connectivity index (χ0n) is 59.5. The fraction of sp³-hybridized carbons (Fsp3) is 0.200. The van der Waals surface area contributed by atoms with E-state index in [4.69, 9.17) is 17.0 Å². The van der Waals surface area contributed by atoms with Gasteiger partial charge in [-0.2, -0.15) is 13.2 Å². The van der Waals surface area contributed by atoms with Gasteiger partial charge in [0.15, 0.2) is 57.7 Å². The molecule has 16 nitrogen and oxygen atoms in total. The Morgan fingerprint density at radius 3 is 1.00 bits per heavy atom. The quantitative estimate of drug-likeness (QED) is 0.0215. The number of halogens is 5. The summed E-state index contributed by atoms with van der Waals surface area (Å²) in [4.78, 5) is 112. The summed E-state index contributed by atoms with van der Waals surface area (Å²) in [6.07, 6.45) is -4.34. The van der Waals surface area contributed by atoms with Crippen LogP contribution in [0.5, 0.6) is 5.75 Å². The predicted octanol–water partition coefficient (Wildman–Crippen LogP) is 20.0. The fourth-order valence-corrected chi connectivity index (χ4v) is 9.38.